The zero-order valence-corrected chi connectivity index (χ0v) is 11.3. The molecule has 3 N–H and O–H groups in total. The minimum absolute atomic E-state index is 0.0863. The van der Waals surface area contributed by atoms with Gasteiger partial charge in [0.15, 0.2) is 0 Å². The number of hydrogen-bond donors (Lipinski definition) is 2. The lowest BCUT2D eigenvalue weighted by molar-refractivity contribution is -0.120. The third-order valence-electron chi connectivity index (χ3n) is 3.67. The second-order valence-electron chi connectivity index (χ2n) is 5.01. The molecule has 18 heavy (non-hydrogen) atoms. The summed E-state index contributed by atoms with van der Waals surface area (Å²) in [6, 6.07) is 5.82. The van der Waals surface area contributed by atoms with Gasteiger partial charge in [0.25, 0.3) is 0 Å². The molecule has 1 amide bonds. The summed E-state index contributed by atoms with van der Waals surface area (Å²) in [7, 11) is 0. The van der Waals surface area contributed by atoms with Gasteiger partial charge in [0.2, 0.25) is 5.91 Å². The van der Waals surface area contributed by atoms with Crippen molar-refractivity contribution in [3.8, 4) is 0 Å². The Bertz CT molecular complexity index is 439. The van der Waals surface area contributed by atoms with Crippen LogP contribution in [0.3, 0.4) is 0 Å². The maximum absolute atomic E-state index is 12.1. The fourth-order valence-electron chi connectivity index (χ4n) is 2.36. The van der Waals surface area contributed by atoms with Gasteiger partial charge in [0.05, 0.1) is 0 Å². The second-order valence-corrected chi connectivity index (χ2v) is 5.42. The monoisotopic (exact) mass is 266 g/mol. The Morgan fingerprint density at radius 2 is 2.00 bits per heavy atom. The number of hydrogen-bond acceptors (Lipinski definition) is 2. The molecule has 4 heteroatoms. The average Bonchev–Trinajstić information content (AvgIpc) is 2.36. The number of halogens is 1. The first kappa shape index (κ1) is 13.4. The highest BCUT2D eigenvalue weighted by Crippen LogP contribution is 2.27. The molecule has 1 aliphatic rings. The van der Waals surface area contributed by atoms with Gasteiger partial charge in [0.1, 0.15) is 0 Å². The van der Waals surface area contributed by atoms with E-state index in [9.17, 15) is 4.79 Å². The van der Waals surface area contributed by atoms with Gasteiger partial charge in [0, 0.05) is 22.7 Å². The van der Waals surface area contributed by atoms with Crippen LogP contribution >= 0.6 is 11.6 Å². The molecule has 0 bridgehead atoms. The summed E-state index contributed by atoms with van der Waals surface area (Å²) in [4.78, 5) is 12.1. The maximum Gasteiger partial charge on any atom is 0.227 e. The van der Waals surface area contributed by atoms with Crippen molar-refractivity contribution in [2.24, 2.45) is 11.7 Å². The molecule has 0 saturated heterocycles. The number of amides is 1. The van der Waals surface area contributed by atoms with Crippen molar-refractivity contribution in [2.75, 3.05) is 5.32 Å². The van der Waals surface area contributed by atoms with Gasteiger partial charge in [-0.15, -0.1) is 0 Å². The first-order valence-electron chi connectivity index (χ1n) is 6.39. The van der Waals surface area contributed by atoms with Crippen molar-refractivity contribution < 1.29 is 4.79 Å². The fraction of sp³-hybridized carbons (Fsp3) is 0.500. The molecule has 0 heterocycles. The van der Waals surface area contributed by atoms with E-state index in [1.165, 1.54) is 0 Å². The predicted octanol–water partition coefficient (Wildman–Crippen LogP) is 3.10. The van der Waals surface area contributed by atoms with Gasteiger partial charge >= 0.3 is 0 Å². The SMILES string of the molecule is Cc1c(Cl)cccc1NC(=O)C1CCC(N)CC1. The number of carbonyl (C=O) groups excluding carboxylic acids is 1. The summed E-state index contributed by atoms with van der Waals surface area (Å²) in [5.41, 5.74) is 7.57. The van der Waals surface area contributed by atoms with E-state index in [0.717, 1.165) is 36.9 Å². The van der Waals surface area contributed by atoms with Crippen molar-refractivity contribution >= 4 is 23.2 Å². The van der Waals surface area contributed by atoms with Crippen molar-refractivity contribution in [3.05, 3.63) is 28.8 Å². The zero-order chi connectivity index (χ0) is 13.1. The molecule has 1 saturated carbocycles. The Morgan fingerprint density at radius 1 is 1.33 bits per heavy atom. The van der Waals surface area contributed by atoms with Crippen LogP contribution in [-0.2, 0) is 4.79 Å². The van der Waals surface area contributed by atoms with Crippen LogP contribution in [0.2, 0.25) is 5.02 Å². The summed E-state index contributed by atoms with van der Waals surface area (Å²) >= 11 is 6.03. The Hall–Kier alpha value is -1.06. The maximum atomic E-state index is 12.1. The van der Waals surface area contributed by atoms with Crippen LogP contribution in [0.25, 0.3) is 0 Å². The molecule has 3 nitrogen and oxygen atoms in total. The third kappa shape index (κ3) is 3.03. The summed E-state index contributed by atoms with van der Waals surface area (Å²) in [6.07, 6.45) is 3.64. The highest BCUT2D eigenvalue weighted by Gasteiger charge is 2.24. The molecule has 1 aromatic rings. The van der Waals surface area contributed by atoms with E-state index in [1.807, 2.05) is 25.1 Å². The van der Waals surface area contributed by atoms with E-state index in [2.05, 4.69) is 5.32 Å². The lowest BCUT2D eigenvalue weighted by atomic mass is 9.86. The number of anilines is 1. The van der Waals surface area contributed by atoms with Crippen LogP contribution in [0.1, 0.15) is 31.2 Å². The van der Waals surface area contributed by atoms with Gasteiger partial charge in [-0.2, -0.15) is 0 Å². The highest BCUT2D eigenvalue weighted by molar-refractivity contribution is 6.31. The number of nitrogens with two attached hydrogens (primary N) is 1. The fourth-order valence-corrected chi connectivity index (χ4v) is 2.53. The van der Waals surface area contributed by atoms with E-state index in [-0.39, 0.29) is 17.9 Å². The van der Waals surface area contributed by atoms with Crippen LogP contribution in [0.5, 0.6) is 0 Å². The first-order chi connectivity index (χ1) is 8.58. The van der Waals surface area contributed by atoms with E-state index in [1.54, 1.807) is 0 Å². The molecule has 0 aromatic heterocycles. The minimum Gasteiger partial charge on any atom is -0.328 e. The number of carbonyl (C=O) groups is 1. The third-order valence-corrected chi connectivity index (χ3v) is 4.08. The number of nitrogens with one attached hydrogen (secondary N) is 1. The molecule has 0 unspecified atom stereocenters. The van der Waals surface area contributed by atoms with E-state index >= 15 is 0 Å². The van der Waals surface area contributed by atoms with Gasteiger partial charge in [-0.25, -0.2) is 0 Å². The van der Waals surface area contributed by atoms with E-state index < -0.39 is 0 Å². The van der Waals surface area contributed by atoms with Gasteiger partial charge in [-0.3, -0.25) is 4.79 Å². The summed E-state index contributed by atoms with van der Waals surface area (Å²) in [6.45, 7) is 1.91. The summed E-state index contributed by atoms with van der Waals surface area (Å²) in [5.74, 6) is 0.176. The molecule has 98 valence electrons. The number of rotatable bonds is 2. The number of benzene rings is 1. The van der Waals surface area contributed by atoms with Crippen LogP contribution in [0.15, 0.2) is 18.2 Å². The van der Waals surface area contributed by atoms with Crippen LogP contribution < -0.4 is 11.1 Å². The van der Waals surface area contributed by atoms with Crippen molar-refractivity contribution in [3.63, 3.8) is 0 Å². The first-order valence-corrected chi connectivity index (χ1v) is 6.77. The molecule has 0 aliphatic heterocycles. The summed E-state index contributed by atoms with van der Waals surface area (Å²) < 4.78 is 0. The standard InChI is InChI=1S/C14H19ClN2O/c1-9-12(15)3-2-4-13(9)17-14(18)10-5-7-11(16)8-6-10/h2-4,10-11H,5-8,16H2,1H3,(H,17,18). The molecular formula is C14H19ClN2O. The molecule has 0 atom stereocenters. The summed E-state index contributed by atoms with van der Waals surface area (Å²) in [5, 5.41) is 3.65. The predicted molar refractivity (Wildman–Crippen MR) is 74.8 cm³/mol. The average molecular weight is 267 g/mol. The molecule has 0 spiro atoms. The topological polar surface area (TPSA) is 55.1 Å². The van der Waals surface area contributed by atoms with Gasteiger partial charge in [-0.05, 0) is 50.3 Å². The van der Waals surface area contributed by atoms with Crippen LogP contribution in [0, 0.1) is 12.8 Å². The van der Waals surface area contributed by atoms with Crippen LogP contribution in [0.4, 0.5) is 5.69 Å². The smallest absolute Gasteiger partial charge is 0.227 e. The van der Waals surface area contributed by atoms with Crippen molar-refractivity contribution in [1.82, 2.24) is 0 Å². The molecule has 1 fully saturated rings. The van der Waals surface area contributed by atoms with Crippen molar-refractivity contribution in [2.45, 2.75) is 38.6 Å². The van der Waals surface area contributed by atoms with Gasteiger partial charge < -0.3 is 11.1 Å². The Morgan fingerprint density at radius 3 is 2.67 bits per heavy atom. The highest BCUT2D eigenvalue weighted by atomic mass is 35.5. The quantitative estimate of drug-likeness (QED) is 0.864. The Balaban J connectivity index is 2.01. The largest absolute Gasteiger partial charge is 0.328 e. The molecule has 1 aromatic carbocycles. The molecule has 1 aliphatic carbocycles. The van der Waals surface area contributed by atoms with E-state index in [4.69, 9.17) is 17.3 Å². The normalized spacial score (nSPS) is 23.7. The zero-order valence-electron chi connectivity index (χ0n) is 10.6. The van der Waals surface area contributed by atoms with Crippen molar-refractivity contribution in [1.29, 1.82) is 0 Å². The second kappa shape index (κ2) is 5.72. The lowest BCUT2D eigenvalue weighted by Gasteiger charge is -2.25. The minimum atomic E-state index is 0.0863. The Kier molecular flexibility index (Phi) is 4.25. The molecule has 2 rings (SSSR count). The Labute approximate surface area is 113 Å². The lowest BCUT2D eigenvalue weighted by Crippen LogP contribution is -2.32. The molecular weight excluding hydrogens is 248 g/mol. The van der Waals surface area contributed by atoms with Gasteiger partial charge in [-0.1, -0.05) is 17.7 Å². The molecule has 0 radical (unpaired) electrons. The van der Waals surface area contributed by atoms with Crippen LogP contribution in [-0.4, -0.2) is 11.9 Å². The van der Waals surface area contributed by atoms with E-state index in [0.29, 0.717) is 5.02 Å².